The van der Waals surface area contributed by atoms with E-state index >= 15 is 0 Å². The van der Waals surface area contributed by atoms with Crippen molar-refractivity contribution in [2.75, 3.05) is 5.43 Å². The normalized spacial score (nSPS) is 10.3. The van der Waals surface area contributed by atoms with Crippen molar-refractivity contribution in [3.8, 4) is 0 Å². The molecule has 0 atom stereocenters. The standard InChI is InChI=1S/C11H14N4/c1-8-6-12-11(13-7-8)14-15-9(2)4-5-10(15)3/h4-7H,1-3H3,(H,12,13,14). The van der Waals surface area contributed by atoms with E-state index in [0.717, 1.165) is 17.0 Å². The summed E-state index contributed by atoms with van der Waals surface area (Å²) >= 11 is 0. The van der Waals surface area contributed by atoms with Crippen molar-refractivity contribution in [2.45, 2.75) is 20.8 Å². The van der Waals surface area contributed by atoms with E-state index in [2.05, 4.69) is 27.5 Å². The Balaban J connectivity index is 2.25. The van der Waals surface area contributed by atoms with E-state index in [4.69, 9.17) is 0 Å². The highest BCUT2D eigenvalue weighted by Crippen LogP contribution is 2.07. The van der Waals surface area contributed by atoms with Crippen LogP contribution in [0.1, 0.15) is 17.0 Å². The van der Waals surface area contributed by atoms with Gasteiger partial charge in [-0.3, -0.25) is 10.1 Å². The third kappa shape index (κ3) is 1.98. The van der Waals surface area contributed by atoms with Gasteiger partial charge < -0.3 is 0 Å². The minimum atomic E-state index is 0.614. The molecule has 0 unspecified atom stereocenters. The molecule has 1 N–H and O–H groups in total. The first-order chi connectivity index (χ1) is 7.16. The molecule has 2 aromatic rings. The summed E-state index contributed by atoms with van der Waals surface area (Å²) in [7, 11) is 0. The topological polar surface area (TPSA) is 42.7 Å². The van der Waals surface area contributed by atoms with E-state index < -0.39 is 0 Å². The molecular formula is C11H14N4. The number of aromatic nitrogens is 3. The van der Waals surface area contributed by atoms with Crippen molar-refractivity contribution < 1.29 is 0 Å². The van der Waals surface area contributed by atoms with Crippen LogP contribution in [0.3, 0.4) is 0 Å². The Morgan fingerprint density at radius 1 is 1.00 bits per heavy atom. The Labute approximate surface area is 89.0 Å². The van der Waals surface area contributed by atoms with Crippen LogP contribution in [0.2, 0.25) is 0 Å². The van der Waals surface area contributed by atoms with E-state index in [0.29, 0.717) is 5.95 Å². The molecule has 0 fully saturated rings. The maximum atomic E-state index is 4.19. The molecule has 4 heteroatoms. The Bertz CT molecular complexity index is 436. The number of anilines is 1. The number of hydrogen-bond acceptors (Lipinski definition) is 3. The van der Waals surface area contributed by atoms with Gasteiger partial charge in [0.15, 0.2) is 0 Å². The monoisotopic (exact) mass is 202 g/mol. The molecule has 0 aliphatic rings. The van der Waals surface area contributed by atoms with E-state index in [9.17, 15) is 0 Å². The zero-order valence-electron chi connectivity index (χ0n) is 9.15. The highest BCUT2D eigenvalue weighted by atomic mass is 15.5. The number of hydrogen-bond donors (Lipinski definition) is 1. The number of nitrogens with zero attached hydrogens (tertiary/aromatic N) is 3. The van der Waals surface area contributed by atoms with Crippen molar-refractivity contribution in [1.29, 1.82) is 0 Å². The smallest absolute Gasteiger partial charge is 0.242 e. The Morgan fingerprint density at radius 3 is 2.07 bits per heavy atom. The van der Waals surface area contributed by atoms with Crippen LogP contribution in [-0.4, -0.2) is 14.6 Å². The molecule has 0 aliphatic heterocycles. The number of nitrogens with one attached hydrogen (secondary N) is 1. The van der Waals surface area contributed by atoms with Crippen molar-refractivity contribution in [1.82, 2.24) is 14.6 Å². The van der Waals surface area contributed by atoms with Gasteiger partial charge in [-0.15, -0.1) is 0 Å². The molecule has 2 rings (SSSR count). The van der Waals surface area contributed by atoms with Crippen LogP contribution in [0.15, 0.2) is 24.5 Å². The molecule has 0 saturated carbocycles. The molecule has 2 heterocycles. The van der Waals surface area contributed by atoms with Crippen LogP contribution in [0.4, 0.5) is 5.95 Å². The van der Waals surface area contributed by atoms with E-state index in [-0.39, 0.29) is 0 Å². The predicted molar refractivity (Wildman–Crippen MR) is 59.7 cm³/mol. The van der Waals surface area contributed by atoms with Gasteiger partial charge in [0.1, 0.15) is 0 Å². The van der Waals surface area contributed by atoms with Gasteiger partial charge in [-0.2, -0.15) is 0 Å². The lowest BCUT2D eigenvalue weighted by Crippen LogP contribution is -2.14. The number of aryl methyl sites for hydroxylation is 3. The lowest BCUT2D eigenvalue weighted by atomic mass is 10.4. The van der Waals surface area contributed by atoms with Crippen LogP contribution in [0.25, 0.3) is 0 Å². The zero-order chi connectivity index (χ0) is 10.8. The number of rotatable bonds is 2. The lowest BCUT2D eigenvalue weighted by molar-refractivity contribution is 0.855. The summed E-state index contributed by atoms with van der Waals surface area (Å²) < 4.78 is 1.96. The predicted octanol–water partition coefficient (Wildman–Crippen LogP) is 2.08. The second-order valence-electron chi connectivity index (χ2n) is 3.65. The first-order valence-electron chi connectivity index (χ1n) is 4.87. The largest absolute Gasteiger partial charge is 0.262 e. The first kappa shape index (κ1) is 9.71. The maximum absolute atomic E-state index is 4.19. The van der Waals surface area contributed by atoms with E-state index in [1.54, 1.807) is 12.4 Å². The average Bonchev–Trinajstić information content (AvgIpc) is 2.53. The van der Waals surface area contributed by atoms with Crippen LogP contribution >= 0.6 is 0 Å². The zero-order valence-corrected chi connectivity index (χ0v) is 9.15. The van der Waals surface area contributed by atoms with Crippen LogP contribution in [0.5, 0.6) is 0 Å². The van der Waals surface area contributed by atoms with Crippen LogP contribution in [0, 0.1) is 20.8 Å². The van der Waals surface area contributed by atoms with Crippen LogP contribution < -0.4 is 5.43 Å². The minimum Gasteiger partial charge on any atom is -0.262 e. The summed E-state index contributed by atoms with van der Waals surface area (Å²) in [6, 6.07) is 4.10. The second kappa shape index (κ2) is 3.73. The van der Waals surface area contributed by atoms with Crippen molar-refractivity contribution >= 4 is 5.95 Å². The third-order valence-corrected chi connectivity index (χ3v) is 2.26. The molecule has 0 radical (unpaired) electrons. The van der Waals surface area contributed by atoms with Gasteiger partial charge in [-0.05, 0) is 38.5 Å². The molecular weight excluding hydrogens is 188 g/mol. The Hall–Kier alpha value is -1.84. The SMILES string of the molecule is Cc1cnc(Nn2c(C)ccc2C)nc1. The van der Waals surface area contributed by atoms with Crippen molar-refractivity contribution in [3.05, 3.63) is 41.5 Å². The van der Waals surface area contributed by atoms with E-state index in [1.165, 1.54) is 0 Å². The summed E-state index contributed by atoms with van der Waals surface area (Å²) in [6.07, 6.45) is 3.59. The maximum Gasteiger partial charge on any atom is 0.242 e. The van der Waals surface area contributed by atoms with Crippen LogP contribution in [-0.2, 0) is 0 Å². The van der Waals surface area contributed by atoms with Gasteiger partial charge in [0.25, 0.3) is 0 Å². The van der Waals surface area contributed by atoms with E-state index in [1.807, 2.05) is 25.4 Å². The third-order valence-electron chi connectivity index (χ3n) is 2.26. The van der Waals surface area contributed by atoms with Gasteiger partial charge in [0.2, 0.25) is 5.95 Å². The molecule has 2 aromatic heterocycles. The quantitative estimate of drug-likeness (QED) is 0.810. The molecule has 0 spiro atoms. The molecule has 0 saturated heterocycles. The summed E-state index contributed by atoms with van der Waals surface area (Å²) in [5.74, 6) is 0.614. The molecule has 0 aliphatic carbocycles. The van der Waals surface area contributed by atoms with Gasteiger partial charge >= 0.3 is 0 Å². The summed E-state index contributed by atoms with van der Waals surface area (Å²) in [4.78, 5) is 8.38. The summed E-state index contributed by atoms with van der Waals surface area (Å²) in [5.41, 5.74) is 6.47. The second-order valence-corrected chi connectivity index (χ2v) is 3.65. The highest BCUT2D eigenvalue weighted by Gasteiger charge is 2.01. The van der Waals surface area contributed by atoms with Gasteiger partial charge in [0.05, 0.1) is 0 Å². The Morgan fingerprint density at radius 2 is 1.53 bits per heavy atom. The fourth-order valence-electron chi connectivity index (χ4n) is 1.40. The van der Waals surface area contributed by atoms with Gasteiger partial charge in [-0.1, -0.05) is 0 Å². The molecule has 0 bridgehead atoms. The highest BCUT2D eigenvalue weighted by molar-refractivity contribution is 5.28. The molecule has 0 amide bonds. The minimum absolute atomic E-state index is 0.614. The van der Waals surface area contributed by atoms with Crippen molar-refractivity contribution in [2.24, 2.45) is 0 Å². The molecule has 4 nitrogen and oxygen atoms in total. The first-order valence-corrected chi connectivity index (χ1v) is 4.87. The van der Waals surface area contributed by atoms with Gasteiger partial charge in [-0.25, -0.2) is 9.97 Å². The van der Waals surface area contributed by atoms with Gasteiger partial charge in [0, 0.05) is 23.8 Å². The molecule has 78 valence electrons. The summed E-state index contributed by atoms with van der Waals surface area (Å²) in [5, 5.41) is 0. The molecule has 15 heavy (non-hydrogen) atoms. The Kier molecular flexibility index (Phi) is 2.41. The average molecular weight is 202 g/mol. The summed E-state index contributed by atoms with van der Waals surface area (Å²) in [6.45, 7) is 6.04. The fourth-order valence-corrected chi connectivity index (χ4v) is 1.40. The fraction of sp³-hybridized carbons (Fsp3) is 0.273. The molecule has 0 aromatic carbocycles. The van der Waals surface area contributed by atoms with Crippen molar-refractivity contribution in [3.63, 3.8) is 0 Å². The lowest BCUT2D eigenvalue weighted by Gasteiger charge is -2.10.